The molecule has 0 aliphatic carbocycles. The first kappa shape index (κ1) is 17.8. The summed E-state index contributed by atoms with van der Waals surface area (Å²) in [5, 5.41) is 24.2. The SMILES string of the molecule is O=C(O)COc1ccc(-n2ccc(Nc3ccc4[nH]ncc4c3Cl)n2)cc1F. The molecule has 0 fully saturated rings. The van der Waals surface area contributed by atoms with Gasteiger partial charge in [0.05, 0.1) is 28.1 Å². The maximum absolute atomic E-state index is 14.1. The topological polar surface area (TPSA) is 105 Å². The fourth-order valence-corrected chi connectivity index (χ4v) is 2.90. The Labute approximate surface area is 162 Å². The van der Waals surface area contributed by atoms with Crippen molar-refractivity contribution in [1.29, 1.82) is 0 Å². The average molecular weight is 402 g/mol. The molecule has 0 saturated carbocycles. The van der Waals surface area contributed by atoms with Gasteiger partial charge in [-0.1, -0.05) is 11.6 Å². The van der Waals surface area contributed by atoms with Gasteiger partial charge < -0.3 is 15.2 Å². The van der Waals surface area contributed by atoms with Crippen molar-refractivity contribution in [1.82, 2.24) is 20.0 Å². The molecule has 8 nitrogen and oxygen atoms in total. The molecule has 10 heteroatoms. The van der Waals surface area contributed by atoms with Crippen LogP contribution in [0.2, 0.25) is 5.02 Å². The summed E-state index contributed by atoms with van der Waals surface area (Å²) >= 11 is 6.38. The number of carboxylic acids is 1. The van der Waals surface area contributed by atoms with Crippen LogP contribution in [-0.2, 0) is 4.79 Å². The van der Waals surface area contributed by atoms with E-state index >= 15 is 0 Å². The number of hydrogen-bond donors (Lipinski definition) is 3. The van der Waals surface area contributed by atoms with Gasteiger partial charge in [-0.2, -0.15) is 10.2 Å². The molecule has 0 saturated heterocycles. The van der Waals surface area contributed by atoms with E-state index in [1.165, 1.54) is 16.8 Å². The molecule has 0 amide bonds. The Morgan fingerprint density at radius 1 is 1.32 bits per heavy atom. The molecule has 2 aromatic carbocycles. The number of carboxylic acid groups (broad SMARTS) is 1. The number of fused-ring (bicyclic) bond motifs is 1. The van der Waals surface area contributed by atoms with Gasteiger partial charge in [0.2, 0.25) is 0 Å². The third-order valence-corrected chi connectivity index (χ3v) is 4.35. The maximum Gasteiger partial charge on any atom is 0.341 e. The fourth-order valence-electron chi connectivity index (χ4n) is 2.64. The molecule has 0 radical (unpaired) electrons. The molecule has 3 N–H and O–H groups in total. The molecular formula is C18H13ClFN5O3. The summed E-state index contributed by atoms with van der Waals surface area (Å²) in [7, 11) is 0. The average Bonchev–Trinajstić information content (AvgIpc) is 3.32. The summed E-state index contributed by atoms with van der Waals surface area (Å²) in [5.41, 5.74) is 1.93. The lowest BCUT2D eigenvalue weighted by molar-refractivity contribution is -0.139. The second kappa shape index (κ2) is 7.20. The molecule has 28 heavy (non-hydrogen) atoms. The van der Waals surface area contributed by atoms with E-state index in [1.54, 1.807) is 30.6 Å². The van der Waals surface area contributed by atoms with Crippen LogP contribution in [0, 0.1) is 5.82 Å². The van der Waals surface area contributed by atoms with E-state index in [0.29, 0.717) is 22.2 Å². The van der Waals surface area contributed by atoms with Gasteiger partial charge in [0.1, 0.15) is 0 Å². The molecule has 2 heterocycles. The van der Waals surface area contributed by atoms with Crippen LogP contribution in [-0.4, -0.2) is 37.7 Å². The van der Waals surface area contributed by atoms with Crippen LogP contribution in [0.1, 0.15) is 0 Å². The zero-order valence-electron chi connectivity index (χ0n) is 14.2. The minimum absolute atomic E-state index is 0.142. The normalized spacial score (nSPS) is 10.9. The van der Waals surface area contributed by atoms with Gasteiger partial charge >= 0.3 is 5.97 Å². The Morgan fingerprint density at radius 3 is 2.96 bits per heavy atom. The highest BCUT2D eigenvalue weighted by Crippen LogP contribution is 2.31. The zero-order chi connectivity index (χ0) is 19.7. The van der Waals surface area contributed by atoms with E-state index < -0.39 is 18.4 Å². The van der Waals surface area contributed by atoms with E-state index in [2.05, 4.69) is 20.6 Å². The summed E-state index contributed by atoms with van der Waals surface area (Å²) in [6.45, 7) is -0.617. The van der Waals surface area contributed by atoms with Gasteiger partial charge in [-0.15, -0.1) is 0 Å². The van der Waals surface area contributed by atoms with Crippen LogP contribution in [0.25, 0.3) is 16.6 Å². The predicted molar refractivity (Wildman–Crippen MR) is 101 cm³/mol. The number of nitrogens with one attached hydrogen (secondary N) is 2. The van der Waals surface area contributed by atoms with Gasteiger partial charge in [-0.25, -0.2) is 13.9 Å². The van der Waals surface area contributed by atoms with E-state index in [0.717, 1.165) is 10.9 Å². The standard InChI is InChI=1S/C18H13ClFN5O3/c19-18-11-8-21-23-13(11)2-3-14(18)22-16-5-6-25(24-16)10-1-4-15(12(20)7-10)28-9-17(26)27/h1-8H,9H2,(H,21,23)(H,22,24)(H,26,27). The van der Waals surface area contributed by atoms with E-state index in [1.807, 2.05) is 6.07 Å². The van der Waals surface area contributed by atoms with Crippen LogP contribution in [0.15, 0.2) is 48.8 Å². The van der Waals surface area contributed by atoms with Gasteiger partial charge in [-0.05, 0) is 24.3 Å². The molecule has 0 aliphatic rings. The monoisotopic (exact) mass is 401 g/mol. The molecule has 142 valence electrons. The molecule has 0 spiro atoms. The number of hydrogen-bond acceptors (Lipinski definition) is 5. The molecule has 4 aromatic rings. The first-order valence-electron chi connectivity index (χ1n) is 8.10. The van der Waals surface area contributed by atoms with Crippen molar-refractivity contribution in [3.05, 3.63) is 59.6 Å². The van der Waals surface area contributed by atoms with E-state index in [9.17, 15) is 9.18 Å². The first-order chi connectivity index (χ1) is 13.5. The fraction of sp³-hybridized carbons (Fsp3) is 0.0556. The molecule has 0 bridgehead atoms. The molecule has 0 atom stereocenters. The number of aliphatic carboxylic acids is 1. The summed E-state index contributed by atoms with van der Waals surface area (Å²) in [6.07, 6.45) is 3.29. The van der Waals surface area contributed by atoms with E-state index in [-0.39, 0.29) is 5.75 Å². The Morgan fingerprint density at radius 2 is 2.18 bits per heavy atom. The number of aromatic nitrogens is 4. The van der Waals surface area contributed by atoms with Crippen molar-refractivity contribution in [3.63, 3.8) is 0 Å². The van der Waals surface area contributed by atoms with Crippen molar-refractivity contribution >= 4 is 40.0 Å². The second-order valence-corrected chi connectivity index (χ2v) is 6.20. The number of aromatic amines is 1. The van der Waals surface area contributed by atoms with Gasteiger partial charge in [0.25, 0.3) is 0 Å². The lowest BCUT2D eigenvalue weighted by atomic mass is 10.2. The predicted octanol–water partition coefficient (Wildman–Crippen LogP) is 3.75. The molecule has 2 aromatic heterocycles. The smallest absolute Gasteiger partial charge is 0.341 e. The molecule has 4 rings (SSSR count). The highest BCUT2D eigenvalue weighted by Gasteiger charge is 2.11. The van der Waals surface area contributed by atoms with Crippen molar-refractivity contribution in [3.8, 4) is 11.4 Å². The summed E-state index contributed by atoms with van der Waals surface area (Å²) < 4.78 is 20.5. The van der Waals surface area contributed by atoms with Crippen molar-refractivity contribution < 1.29 is 19.0 Å². The quantitative estimate of drug-likeness (QED) is 0.454. The Balaban J connectivity index is 1.54. The molecule has 0 aliphatic heterocycles. The van der Waals surface area contributed by atoms with Gasteiger partial charge in [0.15, 0.2) is 24.0 Å². The number of benzene rings is 2. The maximum atomic E-state index is 14.1. The third-order valence-electron chi connectivity index (χ3n) is 3.94. The Hall–Kier alpha value is -3.59. The van der Waals surface area contributed by atoms with Crippen molar-refractivity contribution in [2.45, 2.75) is 0 Å². The molecule has 0 unspecified atom stereocenters. The Bertz CT molecular complexity index is 1170. The van der Waals surface area contributed by atoms with Crippen molar-refractivity contribution in [2.24, 2.45) is 0 Å². The zero-order valence-corrected chi connectivity index (χ0v) is 14.9. The van der Waals surface area contributed by atoms with E-state index in [4.69, 9.17) is 21.4 Å². The van der Waals surface area contributed by atoms with Crippen LogP contribution in [0.4, 0.5) is 15.9 Å². The Kier molecular flexibility index (Phi) is 4.58. The summed E-state index contributed by atoms with van der Waals surface area (Å²) in [4.78, 5) is 10.5. The van der Waals surface area contributed by atoms with Crippen LogP contribution < -0.4 is 10.1 Å². The minimum atomic E-state index is -1.18. The lowest BCUT2D eigenvalue weighted by Crippen LogP contribution is -2.10. The minimum Gasteiger partial charge on any atom is -0.479 e. The lowest BCUT2D eigenvalue weighted by Gasteiger charge is -2.08. The summed E-state index contributed by atoms with van der Waals surface area (Å²) in [6, 6.07) is 9.49. The number of halogens is 2. The van der Waals surface area contributed by atoms with Gasteiger partial charge in [0, 0.05) is 23.7 Å². The third kappa shape index (κ3) is 3.47. The number of ether oxygens (including phenoxy) is 1. The molecular weight excluding hydrogens is 389 g/mol. The summed E-state index contributed by atoms with van der Waals surface area (Å²) in [5.74, 6) is -1.50. The number of nitrogens with zero attached hydrogens (tertiary/aromatic N) is 3. The van der Waals surface area contributed by atoms with Gasteiger partial charge in [-0.3, -0.25) is 5.10 Å². The van der Waals surface area contributed by atoms with Crippen molar-refractivity contribution in [2.75, 3.05) is 11.9 Å². The number of carbonyl (C=O) groups is 1. The highest BCUT2D eigenvalue weighted by molar-refractivity contribution is 6.38. The largest absolute Gasteiger partial charge is 0.479 e. The van der Waals surface area contributed by atoms with Crippen LogP contribution >= 0.6 is 11.6 Å². The first-order valence-corrected chi connectivity index (χ1v) is 8.48. The van der Waals surface area contributed by atoms with Crippen LogP contribution in [0.5, 0.6) is 5.75 Å². The highest BCUT2D eigenvalue weighted by atomic mass is 35.5. The number of anilines is 2. The number of H-pyrrole nitrogens is 1. The van der Waals surface area contributed by atoms with Crippen LogP contribution in [0.3, 0.4) is 0 Å². The number of rotatable bonds is 6. The second-order valence-electron chi connectivity index (χ2n) is 5.83.